The summed E-state index contributed by atoms with van der Waals surface area (Å²) in [5.41, 5.74) is 20.1. The molecule has 77 heavy (non-hydrogen) atoms. The summed E-state index contributed by atoms with van der Waals surface area (Å²) < 4.78 is 33.0. The van der Waals surface area contributed by atoms with E-state index in [1.807, 2.05) is 6.92 Å². The summed E-state index contributed by atoms with van der Waals surface area (Å²) in [4.78, 5) is 103. The van der Waals surface area contributed by atoms with Gasteiger partial charge in [-0.1, -0.05) is 19.1 Å². The fraction of sp³-hybridized carbons (Fsp3) is 0.431. The van der Waals surface area contributed by atoms with Crippen molar-refractivity contribution in [2.75, 3.05) is 70.5 Å². The molecular weight excluding hydrogens is 1000 g/mol. The Kier molecular flexibility index (Phi) is 22.2. The Balaban J connectivity index is 1.36. The van der Waals surface area contributed by atoms with E-state index in [0.717, 1.165) is 0 Å². The van der Waals surface area contributed by atoms with Gasteiger partial charge in [0.15, 0.2) is 0 Å². The second-order valence-corrected chi connectivity index (χ2v) is 17.2. The number of hydrogen-bond acceptors (Lipinski definition) is 17. The molecule has 0 unspecified atom stereocenters. The molecule has 1 atom stereocenters. The molecule has 26 nitrogen and oxygen atoms in total. The highest BCUT2D eigenvalue weighted by molar-refractivity contribution is 6.47. The van der Waals surface area contributed by atoms with Crippen LogP contribution in [0.5, 0.6) is 11.5 Å². The first-order valence-corrected chi connectivity index (χ1v) is 24.9. The van der Waals surface area contributed by atoms with Crippen LogP contribution >= 0.6 is 0 Å². The zero-order valence-electron chi connectivity index (χ0n) is 44.4. The molecule has 0 saturated carbocycles. The molecule has 3 aromatic heterocycles. The second-order valence-electron chi connectivity index (χ2n) is 17.2. The second kappa shape index (κ2) is 28.9. The lowest BCUT2D eigenvalue weighted by Crippen LogP contribution is -2.40. The van der Waals surface area contributed by atoms with Gasteiger partial charge in [0.05, 0.1) is 63.5 Å². The van der Waals surface area contributed by atoms with Crippen LogP contribution in [0.1, 0.15) is 90.8 Å². The van der Waals surface area contributed by atoms with Crippen molar-refractivity contribution < 1.29 is 57.2 Å². The number of fused-ring (bicyclic) bond motifs is 2. The van der Waals surface area contributed by atoms with E-state index in [1.54, 1.807) is 59.7 Å². The van der Waals surface area contributed by atoms with Crippen molar-refractivity contribution in [3.8, 4) is 11.5 Å². The normalized spacial score (nSPS) is 12.2. The Labute approximate surface area is 444 Å². The molecular formula is C51H68N14O12. The molecule has 10 N–H and O–H groups in total. The number of rotatable bonds is 31. The van der Waals surface area contributed by atoms with E-state index in [0.29, 0.717) is 60.6 Å². The van der Waals surface area contributed by atoms with Crippen LogP contribution < -0.4 is 47.9 Å². The number of primary amides is 2. The zero-order valence-corrected chi connectivity index (χ0v) is 44.4. The Morgan fingerprint density at radius 2 is 1.38 bits per heavy atom. The number of nitrogens with one attached hydrogen (secondary N) is 4. The van der Waals surface area contributed by atoms with Crippen LogP contribution in [0.2, 0.25) is 0 Å². The van der Waals surface area contributed by atoms with Crippen LogP contribution in [-0.4, -0.2) is 142 Å². The third-order valence-corrected chi connectivity index (χ3v) is 11.2. The lowest BCUT2D eigenvalue weighted by molar-refractivity contribution is -0.147. The average Bonchev–Trinajstić information content (AvgIpc) is 4.11. The maximum atomic E-state index is 13.9. The van der Waals surface area contributed by atoms with Crippen molar-refractivity contribution >= 4 is 81.1 Å². The van der Waals surface area contributed by atoms with E-state index in [2.05, 4.69) is 36.3 Å². The number of allylic oxidation sites excluding steroid dienone is 3. The fourth-order valence-corrected chi connectivity index (χ4v) is 7.57. The van der Waals surface area contributed by atoms with Gasteiger partial charge in [0.25, 0.3) is 11.8 Å². The van der Waals surface area contributed by atoms with Crippen molar-refractivity contribution in [3.05, 3.63) is 76.8 Å². The molecule has 0 aliphatic rings. The van der Waals surface area contributed by atoms with Crippen LogP contribution in [0.25, 0.3) is 22.1 Å². The number of aromatic nitrogens is 6. The molecule has 5 aromatic rings. The zero-order chi connectivity index (χ0) is 56.2. The molecule has 0 radical (unpaired) electrons. The van der Waals surface area contributed by atoms with E-state index < -0.39 is 41.5 Å². The number of esters is 1. The number of hydrogen-bond donors (Lipinski definition) is 7. The molecule has 5 rings (SSSR count). The monoisotopic (exact) mass is 1070 g/mol. The number of imidazole rings is 2. The number of anilines is 2. The summed E-state index contributed by atoms with van der Waals surface area (Å²) in [7, 11) is 1.42. The van der Waals surface area contributed by atoms with Gasteiger partial charge in [0.1, 0.15) is 40.0 Å². The predicted molar refractivity (Wildman–Crippen MR) is 286 cm³/mol. The summed E-state index contributed by atoms with van der Waals surface area (Å²) in [5.74, 6) is -3.19. The van der Waals surface area contributed by atoms with Gasteiger partial charge in [-0.3, -0.25) is 49.1 Å². The molecule has 6 amide bonds. The van der Waals surface area contributed by atoms with Crippen molar-refractivity contribution in [2.24, 2.45) is 22.2 Å². The van der Waals surface area contributed by atoms with Gasteiger partial charge in [-0.15, -0.1) is 0 Å². The van der Waals surface area contributed by atoms with Crippen molar-refractivity contribution in [1.29, 1.82) is 0 Å². The molecule has 414 valence electrons. The molecule has 2 aromatic carbocycles. The fourth-order valence-electron chi connectivity index (χ4n) is 7.57. The van der Waals surface area contributed by atoms with Crippen LogP contribution in [0.3, 0.4) is 0 Å². The first-order valence-electron chi connectivity index (χ1n) is 24.9. The van der Waals surface area contributed by atoms with E-state index >= 15 is 0 Å². The third-order valence-electron chi connectivity index (χ3n) is 11.2. The highest BCUT2D eigenvalue weighted by Gasteiger charge is 2.24. The summed E-state index contributed by atoms with van der Waals surface area (Å²) >= 11 is 0. The lowest BCUT2D eigenvalue weighted by atomic mass is 10.1. The maximum absolute atomic E-state index is 13.9. The number of nitrogens with two attached hydrogens (primary N) is 3. The van der Waals surface area contributed by atoms with Gasteiger partial charge in [-0.25, -0.2) is 14.8 Å². The molecule has 0 aliphatic heterocycles. The predicted octanol–water partition coefficient (Wildman–Crippen LogP) is 2.65. The molecule has 0 spiro atoms. The SMILES string of the molecule is CCN=C(C=C(C)N)C(=O)Nc1nc2cc(C(N)=O)cc(OC)c2n1C/C=C/Cn1c(NC(=O)c2cc(C)nn2CC)nc2cc(C(N)=O)cc(OCCCOC(=O)[C@H](C)NC(=O)CCOCCOCCNC(=O)CC)c21. The molecule has 26 heteroatoms. The highest BCUT2D eigenvalue weighted by atomic mass is 16.5. The van der Waals surface area contributed by atoms with Crippen molar-refractivity contribution in [1.82, 2.24) is 39.5 Å². The Hall–Kier alpha value is -8.65. The number of ether oxygens (including phenoxy) is 5. The minimum atomic E-state index is -0.960. The van der Waals surface area contributed by atoms with Crippen molar-refractivity contribution in [3.63, 3.8) is 0 Å². The Morgan fingerprint density at radius 3 is 1.96 bits per heavy atom. The lowest BCUT2D eigenvalue weighted by Gasteiger charge is -2.15. The third kappa shape index (κ3) is 16.7. The molecule has 3 heterocycles. The number of carbonyl (C=O) groups is 7. The number of methoxy groups -OCH3 is 1. The smallest absolute Gasteiger partial charge is 0.328 e. The van der Waals surface area contributed by atoms with Gasteiger partial charge < -0.3 is 60.7 Å². The van der Waals surface area contributed by atoms with Gasteiger partial charge in [0.2, 0.25) is 35.5 Å². The van der Waals surface area contributed by atoms with Crippen molar-refractivity contribution in [2.45, 2.75) is 86.5 Å². The number of aryl methyl sites for hydroxylation is 2. The van der Waals surface area contributed by atoms with E-state index in [1.165, 1.54) is 44.4 Å². The van der Waals surface area contributed by atoms with Crippen LogP contribution in [0.4, 0.5) is 11.9 Å². The van der Waals surface area contributed by atoms with Gasteiger partial charge >= 0.3 is 5.97 Å². The first-order chi connectivity index (χ1) is 36.9. The summed E-state index contributed by atoms with van der Waals surface area (Å²) in [6.45, 7) is 12.3. The number of benzene rings is 2. The number of amides is 6. The quantitative estimate of drug-likeness (QED) is 0.0145. The number of aliphatic imine (C=N–C) groups is 1. The highest BCUT2D eigenvalue weighted by Crippen LogP contribution is 2.33. The number of nitrogens with zero attached hydrogens (tertiary/aromatic N) is 7. The molecule has 0 fully saturated rings. The minimum Gasteiger partial charge on any atom is -0.494 e. The molecule has 0 aliphatic carbocycles. The van der Waals surface area contributed by atoms with Crippen LogP contribution in [0.15, 0.2) is 59.2 Å². The standard InChI is InChI=1S/C51H68N14O12/c1-8-41(66)56-15-21-75-23-22-74-20-14-42(67)57-32(6)49(72)77-19-13-18-76-40-29-34(46(54)69)27-36-44(40)64(51(59-36)61-48(71)38-25-31(5)62-65(38)10-3)17-12-11-16-63-43-35(26-33(45(53)68)28-39(43)73-7)58-50(63)60-47(70)37(55-9-2)24-30(4)52/h11-12,24-29,32H,8-10,13-23,52H2,1-7H3,(H2,53,68)(H2,54,69)(H,56,66)(H,57,67)(H,58,60,70)(H,59,61,71)/b12-11+,30-24?,55-37?/t32-/m0/s1. The van der Waals surface area contributed by atoms with Gasteiger partial charge in [-0.2, -0.15) is 5.10 Å². The van der Waals surface area contributed by atoms with Gasteiger partial charge in [-0.05, 0) is 71.0 Å². The maximum Gasteiger partial charge on any atom is 0.328 e. The van der Waals surface area contributed by atoms with Crippen LogP contribution in [-0.2, 0) is 53.0 Å². The van der Waals surface area contributed by atoms with E-state index in [4.69, 9.17) is 45.9 Å². The Bertz CT molecular complexity index is 3040. The number of carbonyl (C=O) groups excluding carboxylic acids is 7. The molecule has 0 saturated heterocycles. The summed E-state index contributed by atoms with van der Waals surface area (Å²) in [6.07, 6.45) is 5.54. The minimum absolute atomic E-state index is 0.000359. The topological polar surface area (TPSA) is 358 Å². The molecule has 0 bridgehead atoms. The first kappa shape index (κ1) is 59.2. The average molecular weight is 1070 g/mol. The van der Waals surface area contributed by atoms with E-state index in [9.17, 15) is 33.6 Å². The summed E-state index contributed by atoms with van der Waals surface area (Å²) in [5, 5.41) is 15.4. The van der Waals surface area contributed by atoms with E-state index in [-0.39, 0.29) is 116 Å². The summed E-state index contributed by atoms with van der Waals surface area (Å²) in [6, 6.07) is 6.54. The van der Waals surface area contributed by atoms with Gasteiger partial charge in [0, 0.05) is 68.8 Å². The largest absolute Gasteiger partial charge is 0.494 e. The Morgan fingerprint density at radius 1 is 0.766 bits per heavy atom. The van der Waals surface area contributed by atoms with Crippen LogP contribution in [0, 0.1) is 6.92 Å².